The zero-order valence-electron chi connectivity index (χ0n) is 7.60. The maximum absolute atomic E-state index is 13.2. The molecule has 0 saturated carbocycles. The van der Waals surface area contributed by atoms with Gasteiger partial charge in [-0.1, -0.05) is 0 Å². The molecule has 0 amide bonds. The first-order valence-corrected chi connectivity index (χ1v) is 4.33. The third-order valence-electron chi connectivity index (χ3n) is 1.69. The summed E-state index contributed by atoms with van der Waals surface area (Å²) in [6, 6.07) is 3.21. The SMILES string of the molecule is CNCc1cc(F)c(S)c(OC)c1. The minimum atomic E-state index is -0.354. The minimum absolute atomic E-state index is 0.252. The van der Waals surface area contributed by atoms with Gasteiger partial charge in [0.2, 0.25) is 0 Å². The van der Waals surface area contributed by atoms with Gasteiger partial charge in [-0.3, -0.25) is 0 Å². The molecule has 1 aromatic rings. The number of hydrogen-bond acceptors (Lipinski definition) is 3. The van der Waals surface area contributed by atoms with Gasteiger partial charge in [0, 0.05) is 6.54 Å². The number of nitrogens with one attached hydrogen (secondary N) is 1. The van der Waals surface area contributed by atoms with Gasteiger partial charge >= 0.3 is 0 Å². The molecule has 0 aliphatic carbocycles. The van der Waals surface area contributed by atoms with Crippen molar-refractivity contribution in [2.24, 2.45) is 0 Å². The molecule has 0 heterocycles. The Kier molecular flexibility index (Phi) is 3.57. The van der Waals surface area contributed by atoms with E-state index in [4.69, 9.17) is 4.74 Å². The van der Waals surface area contributed by atoms with E-state index >= 15 is 0 Å². The highest BCUT2D eigenvalue weighted by atomic mass is 32.1. The Bertz CT molecular complexity index is 304. The Labute approximate surface area is 82.5 Å². The summed E-state index contributed by atoms with van der Waals surface area (Å²) in [6.07, 6.45) is 0. The maximum Gasteiger partial charge on any atom is 0.140 e. The molecule has 0 bridgehead atoms. The Hall–Kier alpha value is -0.740. The first-order valence-electron chi connectivity index (χ1n) is 3.89. The molecule has 0 aromatic heterocycles. The van der Waals surface area contributed by atoms with Crippen LogP contribution in [0.2, 0.25) is 0 Å². The fourth-order valence-corrected chi connectivity index (χ4v) is 1.31. The normalized spacial score (nSPS) is 10.2. The molecule has 0 aliphatic heterocycles. The standard InChI is InChI=1S/C9H12FNOS/c1-11-5-6-3-7(10)9(13)8(4-6)12-2/h3-4,11,13H,5H2,1-2H3. The summed E-state index contributed by atoms with van der Waals surface area (Å²) >= 11 is 3.99. The molecule has 0 radical (unpaired) electrons. The van der Waals surface area contributed by atoms with E-state index in [1.165, 1.54) is 13.2 Å². The number of methoxy groups -OCH3 is 1. The number of halogens is 1. The number of thiol groups is 1. The van der Waals surface area contributed by atoms with E-state index in [0.29, 0.717) is 12.3 Å². The lowest BCUT2D eigenvalue weighted by atomic mass is 10.2. The van der Waals surface area contributed by atoms with Crippen LogP contribution in [0.3, 0.4) is 0 Å². The molecule has 0 atom stereocenters. The number of hydrogen-bond donors (Lipinski definition) is 2. The van der Waals surface area contributed by atoms with Crippen LogP contribution in [0.1, 0.15) is 5.56 Å². The van der Waals surface area contributed by atoms with Gasteiger partial charge in [0.1, 0.15) is 11.6 Å². The molecule has 1 N–H and O–H groups in total. The van der Waals surface area contributed by atoms with Crippen LogP contribution in [0.4, 0.5) is 4.39 Å². The molecule has 2 nitrogen and oxygen atoms in total. The molecule has 4 heteroatoms. The summed E-state index contributed by atoms with van der Waals surface area (Å²) in [5.41, 5.74) is 0.842. The van der Waals surface area contributed by atoms with E-state index in [1.54, 1.807) is 13.1 Å². The third kappa shape index (κ3) is 2.35. The first kappa shape index (κ1) is 10.3. The summed E-state index contributed by atoms with van der Waals surface area (Å²) < 4.78 is 18.1. The highest BCUT2D eigenvalue weighted by Crippen LogP contribution is 2.26. The molecule has 0 aliphatic rings. The number of benzene rings is 1. The van der Waals surface area contributed by atoms with E-state index in [0.717, 1.165) is 5.56 Å². The fourth-order valence-electron chi connectivity index (χ4n) is 1.09. The Morgan fingerprint density at radius 2 is 2.23 bits per heavy atom. The Morgan fingerprint density at radius 3 is 2.77 bits per heavy atom. The van der Waals surface area contributed by atoms with Gasteiger partial charge in [0.15, 0.2) is 0 Å². The van der Waals surface area contributed by atoms with E-state index in [1.807, 2.05) is 0 Å². The molecule has 0 unspecified atom stereocenters. The minimum Gasteiger partial charge on any atom is -0.495 e. The average Bonchev–Trinajstić information content (AvgIpc) is 2.11. The van der Waals surface area contributed by atoms with Crippen molar-refractivity contribution in [2.75, 3.05) is 14.2 Å². The maximum atomic E-state index is 13.2. The van der Waals surface area contributed by atoms with E-state index in [-0.39, 0.29) is 10.7 Å². The zero-order chi connectivity index (χ0) is 9.84. The lowest BCUT2D eigenvalue weighted by Crippen LogP contribution is -2.05. The van der Waals surface area contributed by atoms with Crippen molar-refractivity contribution in [1.82, 2.24) is 5.32 Å². The van der Waals surface area contributed by atoms with Crippen molar-refractivity contribution in [3.8, 4) is 5.75 Å². The number of rotatable bonds is 3. The largest absolute Gasteiger partial charge is 0.495 e. The van der Waals surface area contributed by atoms with Crippen molar-refractivity contribution in [1.29, 1.82) is 0 Å². The van der Waals surface area contributed by atoms with Gasteiger partial charge in [0.25, 0.3) is 0 Å². The van der Waals surface area contributed by atoms with Crippen molar-refractivity contribution >= 4 is 12.6 Å². The van der Waals surface area contributed by atoms with Crippen LogP contribution in [0.5, 0.6) is 5.75 Å². The fraction of sp³-hybridized carbons (Fsp3) is 0.333. The molecular formula is C9H12FNOS. The molecule has 72 valence electrons. The van der Waals surface area contributed by atoms with Crippen LogP contribution in [0.25, 0.3) is 0 Å². The molecule has 0 fully saturated rings. The van der Waals surface area contributed by atoms with Crippen LogP contribution in [-0.2, 0) is 6.54 Å². The van der Waals surface area contributed by atoms with Gasteiger partial charge in [-0.2, -0.15) is 0 Å². The summed E-state index contributed by atoms with van der Waals surface area (Å²) in [4.78, 5) is 0.252. The monoisotopic (exact) mass is 201 g/mol. The highest BCUT2D eigenvalue weighted by Gasteiger charge is 2.07. The molecule has 0 saturated heterocycles. The van der Waals surface area contributed by atoms with Crippen LogP contribution >= 0.6 is 12.6 Å². The highest BCUT2D eigenvalue weighted by molar-refractivity contribution is 7.80. The van der Waals surface area contributed by atoms with Gasteiger partial charge < -0.3 is 10.1 Å². The van der Waals surface area contributed by atoms with Crippen molar-refractivity contribution in [3.63, 3.8) is 0 Å². The smallest absolute Gasteiger partial charge is 0.140 e. The Morgan fingerprint density at radius 1 is 1.54 bits per heavy atom. The van der Waals surface area contributed by atoms with Crippen molar-refractivity contribution in [3.05, 3.63) is 23.5 Å². The number of ether oxygens (including phenoxy) is 1. The second kappa shape index (κ2) is 4.48. The second-order valence-electron chi connectivity index (χ2n) is 2.66. The summed E-state index contributed by atoms with van der Waals surface area (Å²) in [5, 5.41) is 2.93. The third-order valence-corrected chi connectivity index (χ3v) is 2.12. The average molecular weight is 201 g/mol. The molecule has 1 aromatic carbocycles. The van der Waals surface area contributed by atoms with Crippen LogP contribution in [0, 0.1) is 5.82 Å². The molecule has 1 rings (SSSR count). The molecule has 0 spiro atoms. The summed E-state index contributed by atoms with van der Waals surface area (Å²) in [6.45, 7) is 0.612. The summed E-state index contributed by atoms with van der Waals surface area (Å²) in [5.74, 6) is 0.113. The van der Waals surface area contributed by atoms with Crippen molar-refractivity contribution < 1.29 is 9.13 Å². The van der Waals surface area contributed by atoms with Crippen LogP contribution in [-0.4, -0.2) is 14.2 Å². The topological polar surface area (TPSA) is 21.3 Å². The quantitative estimate of drug-likeness (QED) is 0.728. The predicted molar refractivity (Wildman–Crippen MR) is 53.0 cm³/mol. The lowest BCUT2D eigenvalue weighted by Gasteiger charge is -2.07. The molecular weight excluding hydrogens is 189 g/mol. The second-order valence-corrected chi connectivity index (χ2v) is 3.11. The van der Waals surface area contributed by atoms with Crippen molar-refractivity contribution in [2.45, 2.75) is 11.4 Å². The van der Waals surface area contributed by atoms with Gasteiger partial charge in [-0.05, 0) is 24.7 Å². The lowest BCUT2D eigenvalue weighted by molar-refractivity contribution is 0.397. The Balaban J connectivity index is 3.06. The van der Waals surface area contributed by atoms with Gasteiger partial charge in [0.05, 0.1) is 12.0 Å². The molecule has 13 heavy (non-hydrogen) atoms. The van der Waals surface area contributed by atoms with E-state index in [2.05, 4.69) is 17.9 Å². The van der Waals surface area contributed by atoms with Crippen LogP contribution < -0.4 is 10.1 Å². The predicted octanol–water partition coefficient (Wildman–Crippen LogP) is 1.84. The van der Waals surface area contributed by atoms with Gasteiger partial charge in [-0.25, -0.2) is 4.39 Å². The summed E-state index contributed by atoms with van der Waals surface area (Å²) in [7, 11) is 3.30. The van der Waals surface area contributed by atoms with Crippen LogP contribution in [0.15, 0.2) is 17.0 Å². The first-order chi connectivity index (χ1) is 6.19. The zero-order valence-corrected chi connectivity index (χ0v) is 8.49. The van der Waals surface area contributed by atoms with Gasteiger partial charge in [-0.15, -0.1) is 12.6 Å². The van der Waals surface area contributed by atoms with E-state index in [9.17, 15) is 4.39 Å². The van der Waals surface area contributed by atoms with E-state index < -0.39 is 0 Å².